The van der Waals surface area contributed by atoms with Gasteiger partial charge in [0.2, 0.25) is 0 Å². The van der Waals surface area contributed by atoms with Crippen molar-refractivity contribution in [3.63, 3.8) is 0 Å². The van der Waals surface area contributed by atoms with Gasteiger partial charge in [-0.3, -0.25) is 29.0 Å². The molecule has 0 saturated carbocycles. The molecule has 0 amide bonds. The molecule has 0 aliphatic carbocycles. The zero-order valence-corrected chi connectivity index (χ0v) is 28.2. The zero-order chi connectivity index (χ0) is 35.8. The van der Waals surface area contributed by atoms with Crippen molar-refractivity contribution in [2.45, 2.75) is 98.4 Å². The molecular weight excluding hydrogens is 634 g/mol. The lowest BCUT2D eigenvalue weighted by Crippen LogP contribution is -2.43. The second-order valence-electron chi connectivity index (χ2n) is 12.8. The SMILES string of the molecule is Cc1cn(C(C[C@@H](C)OC(=O)OC(C)(C)C)OCCOC(=O)OC(C)(C)C)c(=O)n(Cc2cn(Cc3cc([N+](=O)[O-])ccn3)nn2)c1=O. The number of hydrogen-bond acceptors (Lipinski definition) is 14. The van der Waals surface area contributed by atoms with Crippen LogP contribution in [0.1, 0.15) is 78.1 Å². The van der Waals surface area contributed by atoms with E-state index in [1.54, 1.807) is 48.5 Å². The van der Waals surface area contributed by atoms with E-state index in [0.717, 1.165) is 4.57 Å². The van der Waals surface area contributed by atoms with Crippen LogP contribution in [-0.4, -0.2) is 76.9 Å². The predicted octanol–water partition coefficient (Wildman–Crippen LogP) is 3.51. The molecule has 3 aromatic rings. The highest BCUT2D eigenvalue weighted by Crippen LogP contribution is 2.19. The number of carbonyl (C=O) groups excluding carboxylic acids is 2. The van der Waals surface area contributed by atoms with Gasteiger partial charge in [-0.2, -0.15) is 0 Å². The summed E-state index contributed by atoms with van der Waals surface area (Å²) in [6.07, 6.45) is 0.352. The monoisotopic (exact) mass is 675 g/mol. The lowest BCUT2D eigenvalue weighted by molar-refractivity contribution is -0.385. The van der Waals surface area contributed by atoms with Crippen molar-refractivity contribution in [3.05, 3.63) is 78.6 Å². The third-order valence-corrected chi connectivity index (χ3v) is 6.14. The third kappa shape index (κ3) is 11.6. The summed E-state index contributed by atoms with van der Waals surface area (Å²) in [6, 6.07) is 2.57. The number of pyridine rings is 1. The summed E-state index contributed by atoms with van der Waals surface area (Å²) in [5, 5.41) is 19.1. The van der Waals surface area contributed by atoms with Crippen LogP contribution in [0.5, 0.6) is 0 Å². The maximum atomic E-state index is 13.8. The lowest BCUT2D eigenvalue weighted by Gasteiger charge is -2.26. The molecule has 18 heteroatoms. The van der Waals surface area contributed by atoms with Crippen LogP contribution in [0.2, 0.25) is 0 Å². The largest absolute Gasteiger partial charge is 0.509 e. The van der Waals surface area contributed by atoms with Crippen LogP contribution in [0.3, 0.4) is 0 Å². The fraction of sp³-hybridized carbons (Fsp3) is 0.567. The quantitative estimate of drug-likeness (QED) is 0.110. The number of ether oxygens (including phenoxy) is 5. The number of hydrogen-bond donors (Lipinski definition) is 0. The lowest BCUT2D eigenvalue weighted by atomic mass is 10.2. The Labute approximate surface area is 275 Å². The molecule has 0 aliphatic heterocycles. The molecule has 0 fully saturated rings. The minimum Gasteiger partial charge on any atom is -0.432 e. The van der Waals surface area contributed by atoms with E-state index in [4.69, 9.17) is 23.7 Å². The maximum absolute atomic E-state index is 13.8. The number of nitro groups is 1. The Balaban J connectivity index is 1.85. The van der Waals surface area contributed by atoms with Gasteiger partial charge in [-0.05, 0) is 55.4 Å². The molecule has 18 nitrogen and oxygen atoms in total. The van der Waals surface area contributed by atoms with Crippen molar-refractivity contribution in [2.24, 2.45) is 0 Å². The van der Waals surface area contributed by atoms with Gasteiger partial charge in [0.05, 0.1) is 36.5 Å². The first-order chi connectivity index (χ1) is 22.3. The van der Waals surface area contributed by atoms with Crippen molar-refractivity contribution in [1.82, 2.24) is 29.1 Å². The summed E-state index contributed by atoms with van der Waals surface area (Å²) in [6.45, 7) is 12.6. The Kier molecular flexibility index (Phi) is 12.2. The Bertz CT molecular complexity index is 1720. The minimum absolute atomic E-state index is 0.0460. The number of nitrogens with zero attached hydrogens (tertiary/aromatic N) is 7. The first-order valence-electron chi connectivity index (χ1n) is 15.0. The highest BCUT2D eigenvalue weighted by Gasteiger charge is 2.25. The van der Waals surface area contributed by atoms with Crippen molar-refractivity contribution in [1.29, 1.82) is 0 Å². The van der Waals surface area contributed by atoms with Crippen LogP contribution in [0.15, 0.2) is 40.3 Å². The first-order valence-corrected chi connectivity index (χ1v) is 15.0. The van der Waals surface area contributed by atoms with E-state index < -0.39 is 52.0 Å². The summed E-state index contributed by atoms with van der Waals surface area (Å²) in [5.74, 6) is 0. The van der Waals surface area contributed by atoms with Gasteiger partial charge in [0, 0.05) is 36.5 Å². The predicted molar refractivity (Wildman–Crippen MR) is 167 cm³/mol. The molecule has 0 aliphatic rings. The summed E-state index contributed by atoms with van der Waals surface area (Å²) in [4.78, 5) is 65.8. The Hall–Kier alpha value is -5.13. The average molecular weight is 676 g/mol. The minimum atomic E-state index is -1.08. The van der Waals surface area contributed by atoms with Gasteiger partial charge >= 0.3 is 18.0 Å². The molecule has 0 N–H and O–H groups in total. The van der Waals surface area contributed by atoms with Crippen molar-refractivity contribution >= 4 is 18.0 Å². The van der Waals surface area contributed by atoms with E-state index >= 15 is 0 Å². The number of rotatable bonds is 13. The molecule has 3 aromatic heterocycles. The number of aromatic nitrogens is 6. The van der Waals surface area contributed by atoms with E-state index in [0.29, 0.717) is 5.69 Å². The molecule has 0 spiro atoms. The molecule has 0 radical (unpaired) electrons. The van der Waals surface area contributed by atoms with Crippen molar-refractivity contribution in [3.8, 4) is 0 Å². The Morgan fingerprint density at radius 2 is 1.65 bits per heavy atom. The molecule has 3 rings (SSSR count). The van der Waals surface area contributed by atoms with Crippen LogP contribution in [0.4, 0.5) is 15.3 Å². The molecule has 3 heterocycles. The van der Waals surface area contributed by atoms with Crippen LogP contribution in [0.25, 0.3) is 0 Å². The smallest absolute Gasteiger partial charge is 0.432 e. The zero-order valence-electron chi connectivity index (χ0n) is 28.2. The highest BCUT2D eigenvalue weighted by atomic mass is 16.7. The molecule has 1 unspecified atom stereocenters. The number of aryl methyl sites for hydroxylation is 1. The molecule has 0 aromatic carbocycles. The van der Waals surface area contributed by atoms with Crippen LogP contribution in [0, 0.1) is 17.0 Å². The van der Waals surface area contributed by atoms with E-state index in [2.05, 4.69) is 15.3 Å². The molecule has 48 heavy (non-hydrogen) atoms. The third-order valence-electron chi connectivity index (χ3n) is 6.14. The second-order valence-corrected chi connectivity index (χ2v) is 12.8. The average Bonchev–Trinajstić information content (AvgIpc) is 3.39. The van der Waals surface area contributed by atoms with Gasteiger partial charge in [0.1, 0.15) is 35.8 Å². The summed E-state index contributed by atoms with van der Waals surface area (Å²) in [7, 11) is 0. The fourth-order valence-corrected chi connectivity index (χ4v) is 4.21. The van der Waals surface area contributed by atoms with Gasteiger partial charge in [-0.1, -0.05) is 5.21 Å². The topological polar surface area (TPSA) is 211 Å². The fourth-order valence-electron chi connectivity index (χ4n) is 4.21. The molecule has 262 valence electrons. The van der Waals surface area contributed by atoms with Gasteiger partial charge in [-0.15, -0.1) is 5.10 Å². The van der Waals surface area contributed by atoms with E-state index in [1.165, 1.54) is 46.9 Å². The summed E-state index contributed by atoms with van der Waals surface area (Å²) >= 11 is 0. The van der Waals surface area contributed by atoms with Crippen LogP contribution < -0.4 is 11.2 Å². The van der Waals surface area contributed by atoms with E-state index in [-0.39, 0.29) is 49.7 Å². The van der Waals surface area contributed by atoms with Crippen LogP contribution >= 0.6 is 0 Å². The Morgan fingerprint density at radius 1 is 0.979 bits per heavy atom. The summed E-state index contributed by atoms with van der Waals surface area (Å²) < 4.78 is 30.2. The second kappa shape index (κ2) is 15.6. The van der Waals surface area contributed by atoms with Gasteiger partial charge in [0.15, 0.2) is 0 Å². The van der Waals surface area contributed by atoms with E-state index in [1.807, 2.05) is 0 Å². The normalized spacial score (nSPS) is 13.0. The van der Waals surface area contributed by atoms with E-state index in [9.17, 15) is 29.3 Å². The molecular formula is C30H41N7O11. The Morgan fingerprint density at radius 3 is 2.29 bits per heavy atom. The van der Waals surface area contributed by atoms with Gasteiger partial charge in [-0.25, -0.2) is 19.1 Å². The molecule has 2 atom stereocenters. The standard InChI is InChI=1S/C30H41N7O11/c1-19-15-35(24(13-20(2)46-28(41)48-30(6,7)8)44-11-12-45-27(40)47-29(3,4)5)26(39)36(25(19)38)18-22-17-34(33-32-22)16-21-14-23(37(42)43)9-10-31-21/h9-10,14-15,17,20,24H,11-13,16,18H2,1-8H3/t20-,24?/m1/s1. The van der Waals surface area contributed by atoms with Crippen LogP contribution in [-0.2, 0) is 36.8 Å². The first kappa shape index (κ1) is 37.3. The summed E-state index contributed by atoms with van der Waals surface area (Å²) in [5.41, 5.74) is -2.24. The van der Waals surface area contributed by atoms with Crippen molar-refractivity contribution in [2.75, 3.05) is 13.2 Å². The van der Waals surface area contributed by atoms with Gasteiger partial charge in [0.25, 0.3) is 11.2 Å². The maximum Gasteiger partial charge on any atom is 0.509 e. The van der Waals surface area contributed by atoms with Gasteiger partial charge < -0.3 is 23.7 Å². The molecule has 0 bridgehead atoms. The molecule has 0 saturated heterocycles. The van der Waals surface area contributed by atoms with Crippen molar-refractivity contribution < 1.29 is 38.2 Å². The number of carbonyl (C=O) groups is 2. The highest BCUT2D eigenvalue weighted by molar-refractivity contribution is 5.60.